The highest BCUT2D eigenvalue weighted by molar-refractivity contribution is 5.94. The molecule has 4 aromatic rings. The highest BCUT2D eigenvalue weighted by atomic mass is 19.4. The first-order valence-corrected chi connectivity index (χ1v) is 12.3. The van der Waals surface area contributed by atoms with Crippen molar-refractivity contribution in [2.75, 3.05) is 6.54 Å². The fraction of sp³-hybridized carbons (Fsp3) is 0.276. The van der Waals surface area contributed by atoms with Crippen LogP contribution < -0.4 is 5.32 Å². The molecule has 0 fully saturated rings. The van der Waals surface area contributed by atoms with Crippen LogP contribution in [0.4, 0.5) is 13.2 Å². The van der Waals surface area contributed by atoms with Crippen LogP contribution in [0.15, 0.2) is 72.9 Å². The summed E-state index contributed by atoms with van der Waals surface area (Å²) >= 11 is 0. The van der Waals surface area contributed by atoms with Crippen molar-refractivity contribution in [3.8, 4) is 11.1 Å². The topological polar surface area (TPSA) is 84.2 Å². The summed E-state index contributed by atoms with van der Waals surface area (Å²) in [6, 6.07) is 17.9. The zero-order chi connectivity index (χ0) is 27.4. The molecule has 1 heterocycles. The number of nitrogens with one attached hydrogen (secondary N) is 1. The number of aliphatic carboxylic acids is 1. The number of carboxylic acid groups (broad SMARTS) is 1. The van der Waals surface area contributed by atoms with E-state index in [1.165, 1.54) is 12.1 Å². The molecule has 2 N–H and O–H groups in total. The van der Waals surface area contributed by atoms with Gasteiger partial charge in [0.15, 0.2) is 0 Å². The van der Waals surface area contributed by atoms with Crippen molar-refractivity contribution in [1.29, 1.82) is 0 Å². The van der Waals surface area contributed by atoms with Gasteiger partial charge in [-0.2, -0.15) is 18.3 Å². The van der Waals surface area contributed by atoms with Gasteiger partial charge in [0.2, 0.25) is 0 Å². The third kappa shape index (κ3) is 6.22. The number of hydrogen-bond acceptors (Lipinski definition) is 3. The second kappa shape index (κ2) is 11.1. The summed E-state index contributed by atoms with van der Waals surface area (Å²) in [7, 11) is 0. The van der Waals surface area contributed by atoms with E-state index in [-0.39, 0.29) is 24.9 Å². The zero-order valence-corrected chi connectivity index (χ0v) is 21.0. The molecular weight excluding hydrogens is 495 g/mol. The average molecular weight is 524 g/mol. The minimum atomic E-state index is -4.38. The van der Waals surface area contributed by atoms with Crippen molar-refractivity contribution in [3.05, 3.63) is 89.6 Å². The molecule has 0 aliphatic rings. The summed E-state index contributed by atoms with van der Waals surface area (Å²) in [4.78, 5) is 23.0. The molecule has 38 heavy (non-hydrogen) atoms. The molecule has 0 spiro atoms. The molecule has 0 aliphatic heterocycles. The van der Waals surface area contributed by atoms with E-state index in [0.717, 1.165) is 40.6 Å². The number of amides is 1. The second-order valence-electron chi connectivity index (χ2n) is 9.60. The summed E-state index contributed by atoms with van der Waals surface area (Å²) in [6.45, 7) is 4.29. The lowest BCUT2D eigenvalue weighted by molar-refractivity contribution is -0.138. The molecule has 0 radical (unpaired) electrons. The van der Waals surface area contributed by atoms with Gasteiger partial charge < -0.3 is 10.4 Å². The Bertz CT molecular complexity index is 1430. The van der Waals surface area contributed by atoms with Crippen LogP contribution in [-0.2, 0) is 11.0 Å². The molecule has 9 heteroatoms. The molecule has 4 rings (SSSR count). The van der Waals surface area contributed by atoms with Gasteiger partial charge in [0.1, 0.15) is 0 Å². The molecular formula is C29H28F3N3O3. The monoisotopic (exact) mass is 523 g/mol. The minimum Gasteiger partial charge on any atom is -0.481 e. The van der Waals surface area contributed by atoms with Gasteiger partial charge in [0, 0.05) is 17.5 Å². The summed E-state index contributed by atoms with van der Waals surface area (Å²) in [5.41, 5.74) is 3.09. The summed E-state index contributed by atoms with van der Waals surface area (Å²) in [5, 5.41) is 16.9. The normalized spacial score (nSPS) is 12.6. The Hall–Kier alpha value is -4.14. The van der Waals surface area contributed by atoms with Crippen LogP contribution in [0.3, 0.4) is 0 Å². The number of fused-ring (bicyclic) bond motifs is 1. The lowest BCUT2D eigenvalue weighted by atomic mass is 9.95. The second-order valence-corrected chi connectivity index (χ2v) is 9.60. The first-order valence-electron chi connectivity index (χ1n) is 12.3. The Morgan fingerprint density at radius 1 is 0.974 bits per heavy atom. The maximum Gasteiger partial charge on any atom is 0.416 e. The van der Waals surface area contributed by atoms with Gasteiger partial charge in [-0.15, -0.1) is 0 Å². The molecule has 6 nitrogen and oxygen atoms in total. The molecule has 3 aromatic carbocycles. The summed E-state index contributed by atoms with van der Waals surface area (Å²) in [6.07, 6.45) is -1.98. The first-order chi connectivity index (χ1) is 18.0. The Morgan fingerprint density at radius 3 is 2.24 bits per heavy atom. The van der Waals surface area contributed by atoms with Crippen molar-refractivity contribution in [2.24, 2.45) is 5.92 Å². The predicted octanol–water partition coefficient (Wildman–Crippen LogP) is 6.56. The average Bonchev–Trinajstić information content (AvgIpc) is 3.29. The molecule has 0 aliphatic carbocycles. The van der Waals surface area contributed by atoms with Crippen molar-refractivity contribution in [3.63, 3.8) is 0 Å². The molecule has 0 bridgehead atoms. The minimum absolute atomic E-state index is 0.0552. The van der Waals surface area contributed by atoms with E-state index in [1.807, 2.05) is 35.0 Å². The number of alkyl halides is 3. The predicted molar refractivity (Wildman–Crippen MR) is 139 cm³/mol. The third-order valence-corrected chi connectivity index (χ3v) is 6.31. The maximum atomic E-state index is 12.9. The Labute approximate surface area is 218 Å². The highest BCUT2D eigenvalue weighted by Crippen LogP contribution is 2.33. The van der Waals surface area contributed by atoms with Gasteiger partial charge >= 0.3 is 12.1 Å². The van der Waals surface area contributed by atoms with E-state index in [1.54, 1.807) is 18.3 Å². The van der Waals surface area contributed by atoms with E-state index in [4.69, 9.17) is 5.11 Å². The SMILES string of the molecule is CC(C)C[C@H](c1ccc(C(=O)NCCC(=O)O)cc1)n1ncc2cc(-c3ccc(C(F)(F)F)cc3)ccc21. The van der Waals surface area contributed by atoms with Gasteiger partial charge in [0.05, 0.1) is 29.7 Å². The Kier molecular flexibility index (Phi) is 7.85. The van der Waals surface area contributed by atoms with Crippen LogP contribution in [0.5, 0.6) is 0 Å². The number of carboxylic acids is 1. The van der Waals surface area contributed by atoms with Crippen LogP contribution in [0, 0.1) is 5.92 Å². The highest BCUT2D eigenvalue weighted by Gasteiger charge is 2.30. The standard InChI is InChI=1S/C29H28F3N3O3/c1-18(2)15-26(20-3-5-21(6-4-20)28(38)33-14-13-27(36)37)35-25-12-9-22(16-23(25)17-34-35)19-7-10-24(11-8-19)29(30,31)32/h3-12,16-18,26H,13-15H2,1-2H3,(H,33,38)(H,36,37)/t26-/m1/s1. The molecule has 1 aromatic heterocycles. The Balaban J connectivity index is 1.60. The summed E-state index contributed by atoms with van der Waals surface area (Å²) in [5.74, 6) is -0.960. The number of hydrogen-bond donors (Lipinski definition) is 2. The van der Waals surface area contributed by atoms with Crippen LogP contribution in [0.1, 0.15) is 54.2 Å². The number of nitrogens with zero attached hydrogens (tertiary/aromatic N) is 2. The molecule has 1 atom stereocenters. The van der Waals surface area contributed by atoms with Crippen molar-refractivity contribution >= 4 is 22.8 Å². The van der Waals surface area contributed by atoms with E-state index < -0.39 is 17.7 Å². The third-order valence-electron chi connectivity index (χ3n) is 6.31. The fourth-order valence-electron chi connectivity index (χ4n) is 4.40. The zero-order valence-electron chi connectivity index (χ0n) is 21.0. The van der Waals surface area contributed by atoms with Gasteiger partial charge in [-0.3, -0.25) is 14.3 Å². The molecule has 0 saturated carbocycles. The maximum absolute atomic E-state index is 12.9. The number of benzene rings is 3. The Morgan fingerprint density at radius 2 is 1.63 bits per heavy atom. The van der Waals surface area contributed by atoms with E-state index in [9.17, 15) is 22.8 Å². The van der Waals surface area contributed by atoms with E-state index in [2.05, 4.69) is 24.3 Å². The molecule has 1 amide bonds. The molecule has 0 unspecified atom stereocenters. The smallest absolute Gasteiger partial charge is 0.416 e. The van der Waals surface area contributed by atoms with Gasteiger partial charge in [0.25, 0.3) is 5.91 Å². The van der Waals surface area contributed by atoms with Crippen molar-refractivity contribution in [1.82, 2.24) is 15.1 Å². The van der Waals surface area contributed by atoms with Crippen molar-refractivity contribution < 1.29 is 27.9 Å². The van der Waals surface area contributed by atoms with Crippen molar-refractivity contribution in [2.45, 2.75) is 38.9 Å². The largest absolute Gasteiger partial charge is 0.481 e. The van der Waals surface area contributed by atoms with Gasteiger partial charge in [-0.1, -0.05) is 44.2 Å². The van der Waals surface area contributed by atoms with Crippen LogP contribution in [-0.4, -0.2) is 33.3 Å². The fourth-order valence-corrected chi connectivity index (χ4v) is 4.40. The number of carbonyl (C=O) groups excluding carboxylic acids is 1. The molecule has 198 valence electrons. The quantitative estimate of drug-likeness (QED) is 0.260. The lowest BCUT2D eigenvalue weighted by Crippen LogP contribution is -2.26. The van der Waals surface area contributed by atoms with Crippen LogP contribution in [0.2, 0.25) is 0 Å². The summed E-state index contributed by atoms with van der Waals surface area (Å²) < 4.78 is 40.7. The number of halogens is 3. The van der Waals surface area contributed by atoms with E-state index in [0.29, 0.717) is 17.0 Å². The van der Waals surface area contributed by atoms with Gasteiger partial charge in [-0.25, -0.2) is 0 Å². The number of carbonyl (C=O) groups is 2. The van der Waals surface area contributed by atoms with E-state index >= 15 is 0 Å². The number of aromatic nitrogens is 2. The lowest BCUT2D eigenvalue weighted by Gasteiger charge is -2.21. The van der Waals surface area contributed by atoms with Crippen LogP contribution in [0.25, 0.3) is 22.0 Å². The first kappa shape index (κ1) is 26.9. The van der Waals surface area contributed by atoms with Crippen LogP contribution >= 0.6 is 0 Å². The molecule has 0 saturated heterocycles. The van der Waals surface area contributed by atoms with Gasteiger partial charge in [-0.05, 0) is 65.4 Å². The number of rotatable bonds is 9.